The van der Waals surface area contributed by atoms with Crippen LogP contribution >= 0.6 is 0 Å². The highest BCUT2D eigenvalue weighted by atomic mass is 32.2. The lowest BCUT2D eigenvalue weighted by atomic mass is 10.0. The minimum Gasteiger partial charge on any atom is -0.495 e. The van der Waals surface area contributed by atoms with E-state index in [4.69, 9.17) is 4.74 Å². The molecule has 0 radical (unpaired) electrons. The quantitative estimate of drug-likeness (QED) is 0.260. The fourth-order valence-electron chi connectivity index (χ4n) is 5.62. The number of aromatic nitrogens is 1. The number of pyridine rings is 1. The second-order valence-electron chi connectivity index (χ2n) is 11.7. The Morgan fingerprint density at radius 3 is 2.49 bits per heavy atom. The Bertz CT molecular complexity index is 1850. The van der Waals surface area contributed by atoms with E-state index in [-0.39, 0.29) is 34.2 Å². The van der Waals surface area contributed by atoms with Gasteiger partial charge in [-0.2, -0.15) is 0 Å². The molecule has 2 heterocycles. The van der Waals surface area contributed by atoms with Crippen LogP contribution in [0.1, 0.15) is 44.0 Å². The maximum Gasteiger partial charge on any atom is 0.266 e. The maximum atomic E-state index is 13.7. The molecule has 1 fully saturated rings. The number of hydrogen-bond acceptors (Lipinski definition) is 6. The highest BCUT2D eigenvalue weighted by Crippen LogP contribution is 2.32. The van der Waals surface area contributed by atoms with E-state index in [0.717, 1.165) is 28.8 Å². The number of carbonyl (C=O) groups is 2. The van der Waals surface area contributed by atoms with Gasteiger partial charge in [0.1, 0.15) is 16.5 Å². The average Bonchev–Trinajstić information content (AvgIpc) is 3.49. The van der Waals surface area contributed by atoms with Crippen LogP contribution in [-0.4, -0.2) is 69.3 Å². The van der Waals surface area contributed by atoms with E-state index in [2.05, 4.69) is 9.71 Å². The molecule has 1 aliphatic rings. The number of amides is 2. The van der Waals surface area contributed by atoms with E-state index >= 15 is 0 Å². The van der Waals surface area contributed by atoms with Crippen molar-refractivity contribution >= 4 is 27.7 Å². The number of ether oxygens (including phenoxy) is 1. The molecule has 2 amide bonds. The predicted octanol–water partition coefficient (Wildman–Crippen LogP) is 5.58. The van der Waals surface area contributed by atoms with E-state index in [1.54, 1.807) is 56.6 Å². The van der Waals surface area contributed by atoms with Crippen LogP contribution in [-0.2, 0) is 16.4 Å². The van der Waals surface area contributed by atoms with Crippen LogP contribution in [0.25, 0.3) is 11.1 Å². The molecule has 1 aromatic heterocycles. The topological polar surface area (TPSA) is 109 Å². The molecule has 1 aliphatic heterocycles. The van der Waals surface area contributed by atoms with Crippen LogP contribution in [0, 0.1) is 19.8 Å². The molecule has 3 aromatic carbocycles. The molecule has 45 heavy (non-hydrogen) atoms. The van der Waals surface area contributed by atoms with Crippen molar-refractivity contribution in [2.24, 2.45) is 5.92 Å². The summed E-state index contributed by atoms with van der Waals surface area (Å²) >= 11 is 0. The molecule has 4 aromatic rings. The number of nitrogens with zero attached hydrogens (tertiary/aromatic N) is 3. The molecule has 1 N–H and O–H groups in total. The van der Waals surface area contributed by atoms with E-state index in [1.807, 2.05) is 49.1 Å². The molecule has 0 spiro atoms. The van der Waals surface area contributed by atoms with Gasteiger partial charge in [-0.25, -0.2) is 13.4 Å². The molecule has 10 heteroatoms. The van der Waals surface area contributed by atoms with Crippen molar-refractivity contribution in [1.82, 2.24) is 14.8 Å². The minimum absolute atomic E-state index is 0.0420. The number of likely N-dealkylation sites (tertiary alicyclic amines) is 1. The SMILES string of the molecule is COc1ccc(-c2cccc(C(=O)N(C)C)c2)cc1S(=O)(=O)Nc1cccc(CC2CCN(C(=O)c3cc(C)ccc3C)C2)n1. The molecule has 0 bridgehead atoms. The Morgan fingerprint density at radius 1 is 0.978 bits per heavy atom. The van der Waals surface area contributed by atoms with Crippen molar-refractivity contribution in [3.8, 4) is 16.9 Å². The third-order valence-corrected chi connectivity index (χ3v) is 9.42. The van der Waals surface area contributed by atoms with Crippen LogP contribution in [0.5, 0.6) is 5.75 Å². The normalized spacial score (nSPS) is 14.7. The van der Waals surface area contributed by atoms with Gasteiger partial charge in [-0.15, -0.1) is 0 Å². The lowest BCUT2D eigenvalue weighted by molar-refractivity contribution is 0.0785. The van der Waals surface area contributed by atoms with Crippen LogP contribution in [0.3, 0.4) is 0 Å². The van der Waals surface area contributed by atoms with Gasteiger partial charge in [0.2, 0.25) is 0 Å². The van der Waals surface area contributed by atoms with Crippen LogP contribution in [0.15, 0.2) is 83.8 Å². The minimum atomic E-state index is -4.09. The summed E-state index contributed by atoms with van der Waals surface area (Å²) in [5.74, 6) is 0.483. The third kappa shape index (κ3) is 7.17. The van der Waals surface area contributed by atoms with Crippen molar-refractivity contribution in [2.75, 3.05) is 39.0 Å². The van der Waals surface area contributed by atoms with Crippen molar-refractivity contribution in [3.05, 3.63) is 107 Å². The Balaban J connectivity index is 1.32. The zero-order valence-corrected chi connectivity index (χ0v) is 27.0. The van der Waals surface area contributed by atoms with Gasteiger partial charge in [0.25, 0.3) is 21.8 Å². The number of aryl methyl sites for hydroxylation is 2. The monoisotopic (exact) mass is 626 g/mol. The van der Waals surface area contributed by atoms with Gasteiger partial charge in [-0.1, -0.05) is 42.0 Å². The fourth-order valence-corrected chi connectivity index (χ4v) is 6.81. The second kappa shape index (κ2) is 13.1. The number of methoxy groups -OCH3 is 1. The summed E-state index contributed by atoms with van der Waals surface area (Å²) in [6, 6.07) is 23.1. The highest BCUT2D eigenvalue weighted by molar-refractivity contribution is 7.92. The third-order valence-electron chi connectivity index (χ3n) is 8.04. The Morgan fingerprint density at radius 2 is 1.73 bits per heavy atom. The van der Waals surface area contributed by atoms with Gasteiger partial charge in [0, 0.05) is 44.0 Å². The molecule has 1 atom stereocenters. The summed E-state index contributed by atoms with van der Waals surface area (Å²) in [5.41, 5.74) is 5.31. The number of nitrogens with one attached hydrogen (secondary N) is 1. The van der Waals surface area contributed by atoms with Gasteiger partial charge in [-0.3, -0.25) is 14.3 Å². The predicted molar refractivity (Wildman–Crippen MR) is 175 cm³/mol. The Labute approximate surface area is 264 Å². The molecule has 0 aliphatic carbocycles. The Kier molecular flexibility index (Phi) is 9.24. The van der Waals surface area contributed by atoms with Gasteiger partial charge >= 0.3 is 0 Å². The molecule has 1 unspecified atom stereocenters. The summed E-state index contributed by atoms with van der Waals surface area (Å²) in [7, 11) is 0.680. The smallest absolute Gasteiger partial charge is 0.266 e. The van der Waals surface area contributed by atoms with E-state index in [0.29, 0.717) is 36.2 Å². The Hall–Kier alpha value is -4.70. The summed E-state index contributed by atoms with van der Waals surface area (Å²) < 4.78 is 35.3. The summed E-state index contributed by atoms with van der Waals surface area (Å²) in [5, 5.41) is 0. The lowest BCUT2D eigenvalue weighted by Crippen LogP contribution is -2.29. The maximum absolute atomic E-state index is 13.7. The number of sulfonamides is 1. The first kappa shape index (κ1) is 31.7. The van der Waals surface area contributed by atoms with Crippen molar-refractivity contribution in [1.29, 1.82) is 0 Å². The van der Waals surface area contributed by atoms with Crippen molar-refractivity contribution < 1.29 is 22.7 Å². The first-order chi connectivity index (χ1) is 21.4. The van der Waals surface area contributed by atoms with Crippen LogP contribution < -0.4 is 9.46 Å². The number of hydrogen-bond donors (Lipinski definition) is 1. The molecular formula is C35H38N4O5S. The van der Waals surface area contributed by atoms with Gasteiger partial charge < -0.3 is 14.5 Å². The average molecular weight is 627 g/mol. The molecular weight excluding hydrogens is 588 g/mol. The zero-order chi connectivity index (χ0) is 32.3. The van der Waals surface area contributed by atoms with Crippen LogP contribution in [0.4, 0.5) is 5.82 Å². The molecule has 0 saturated carbocycles. The van der Waals surface area contributed by atoms with Crippen molar-refractivity contribution in [2.45, 2.75) is 31.6 Å². The highest BCUT2D eigenvalue weighted by Gasteiger charge is 2.28. The molecule has 5 rings (SSSR count). The number of rotatable bonds is 9. The first-order valence-electron chi connectivity index (χ1n) is 14.8. The second-order valence-corrected chi connectivity index (χ2v) is 13.3. The molecule has 234 valence electrons. The molecule has 9 nitrogen and oxygen atoms in total. The summed E-state index contributed by atoms with van der Waals surface area (Å²) in [6.45, 7) is 5.23. The molecule has 1 saturated heterocycles. The van der Waals surface area contributed by atoms with E-state index in [9.17, 15) is 18.0 Å². The van der Waals surface area contributed by atoms with Gasteiger partial charge in [0.05, 0.1) is 7.11 Å². The summed E-state index contributed by atoms with van der Waals surface area (Å²) in [4.78, 5) is 33.7. The first-order valence-corrected chi connectivity index (χ1v) is 16.3. The number of anilines is 1. The largest absolute Gasteiger partial charge is 0.495 e. The van der Waals surface area contributed by atoms with E-state index in [1.165, 1.54) is 18.1 Å². The van der Waals surface area contributed by atoms with Gasteiger partial charge in [-0.05, 0) is 91.8 Å². The van der Waals surface area contributed by atoms with Crippen LogP contribution in [0.2, 0.25) is 0 Å². The zero-order valence-electron chi connectivity index (χ0n) is 26.2. The lowest BCUT2D eigenvalue weighted by Gasteiger charge is -2.18. The van der Waals surface area contributed by atoms with Crippen molar-refractivity contribution in [3.63, 3.8) is 0 Å². The van der Waals surface area contributed by atoms with Gasteiger partial charge in [0.15, 0.2) is 0 Å². The number of benzene rings is 3. The van der Waals surface area contributed by atoms with E-state index < -0.39 is 10.0 Å². The summed E-state index contributed by atoms with van der Waals surface area (Å²) in [6.07, 6.45) is 1.46. The standard InChI is InChI=1S/C35H38N4O5S/c1-23-12-13-24(2)30(18-23)35(41)39-17-16-25(22-39)19-29-10-7-11-33(36-29)37-45(42,43)32-21-27(14-15-31(32)44-5)26-8-6-9-28(20-26)34(40)38(3)4/h6-15,18,20-21,25H,16-17,19,22H2,1-5H3,(H,36,37). The fraction of sp³-hybridized carbons (Fsp3) is 0.286. The number of carbonyl (C=O) groups excluding carboxylic acids is 2.